The van der Waals surface area contributed by atoms with E-state index in [9.17, 15) is 10.1 Å². The fourth-order valence-corrected chi connectivity index (χ4v) is 2.67. The lowest BCUT2D eigenvalue weighted by atomic mass is 10.1. The van der Waals surface area contributed by atoms with Crippen molar-refractivity contribution in [3.8, 4) is 0 Å². The molecule has 1 atom stereocenters. The molecule has 1 fully saturated rings. The Morgan fingerprint density at radius 2 is 2.29 bits per heavy atom. The zero-order valence-corrected chi connectivity index (χ0v) is 12.9. The van der Waals surface area contributed by atoms with Crippen molar-refractivity contribution in [3.63, 3.8) is 0 Å². The van der Waals surface area contributed by atoms with Gasteiger partial charge in [0.05, 0.1) is 28.8 Å². The van der Waals surface area contributed by atoms with Crippen molar-refractivity contribution in [3.05, 3.63) is 22.2 Å². The zero-order valence-electron chi connectivity index (χ0n) is 12.9. The smallest absolute Gasteiger partial charge is 0.276 e. The van der Waals surface area contributed by atoms with Crippen molar-refractivity contribution in [2.24, 2.45) is 0 Å². The molecule has 116 valence electrons. The lowest BCUT2D eigenvalue weighted by Gasteiger charge is -2.42. The third kappa shape index (κ3) is 3.81. The average molecular weight is 294 g/mol. The quantitative estimate of drug-likeness (QED) is 0.678. The van der Waals surface area contributed by atoms with Crippen molar-refractivity contribution in [1.29, 1.82) is 0 Å². The summed E-state index contributed by atoms with van der Waals surface area (Å²) in [6.45, 7) is 9.94. The maximum atomic E-state index is 11.1. The van der Waals surface area contributed by atoms with E-state index in [1.807, 2.05) is 32.6 Å². The van der Waals surface area contributed by atoms with Gasteiger partial charge in [-0.1, -0.05) is 0 Å². The minimum absolute atomic E-state index is 0.0490. The van der Waals surface area contributed by atoms with E-state index in [1.165, 1.54) is 12.1 Å². The van der Waals surface area contributed by atoms with E-state index in [-0.39, 0.29) is 22.3 Å². The summed E-state index contributed by atoms with van der Waals surface area (Å²) in [6.07, 6.45) is 0.0531. The van der Waals surface area contributed by atoms with Gasteiger partial charge >= 0.3 is 0 Å². The molecule has 1 unspecified atom stereocenters. The molecule has 2 rings (SSSR count). The van der Waals surface area contributed by atoms with Crippen LogP contribution in [0.15, 0.2) is 12.1 Å². The number of nitrogens with zero attached hydrogens (tertiary/aromatic N) is 3. The standard InChI is InChI=1S/C14H22N4O3/c1-5-15-12-6-11(18(19)20)7-13(16-12)17-8-10(2)21-14(3,4)9-17/h6-7,10H,5,8-9H2,1-4H3,(H,15,16). The molecular formula is C14H22N4O3. The molecule has 2 heterocycles. The number of anilines is 2. The highest BCUT2D eigenvalue weighted by Crippen LogP contribution is 2.28. The molecule has 0 amide bonds. The molecule has 21 heavy (non-hydrogen) atoms. The normalized spacial score (nSPS) is 21.1. The highest BCUT2D eigenvalue weighted by molar-refractivity contribution is 5.56. The molecule has 1 aromatic heterocycles. The Balaban J connectivity index is 2.35. The fourth-order valence-electron chi connectivity index (χ4n) is 2.67. The number of nitro groups is 1. The second-order valence-corrected chi connectivity index (χ2v) is 5.92. The minimum atomic E-state index is -0.388. The van der Waals surface area contributed by atoms with Crippen LogP contribution in [-0.4, -0.2) is 41.2 Å². The molecule has 0 saturated carbocycles. The maximum absolute atomic E-state index is 11.1. The van der Waals surface area contributed by atoms with Gasteiger partial charge in [0.2, 0.25) is 0 Å². The Kier molecular flexibility index (Phi) is 4.32. The van der Waals surface area contributed by atoms with E-state index in [0.29, 0.717) is 31.3 Å². The van der Waals surface area contributed by atoms with Crippen LogP contribution >= 0.6 is 0 Å². The molecule has 0 aliphatic carbocycles. The SMILES string of the molecule is CCNc1cc([N+](=O)[O-])cc(N2CC(C)OC(C)(C)C2)n1. The second kappa shape index (κ2) is 5.85. The highest BCUT2D eigenvalue weighted by atomic mass is 16.6. The van der Waals surface area contributed by atoms with Crippen LogP contribution in [0.4, 0.5) is 17.3 Å². The summed E-state index contributed by atoms with van der Waals surface area (Å²) in [6, 6.07) is 2.98. The monoisotopic (exact) mass is 294 g/mol. The van der Waals surface area contributed by atoms with Gasteiger partial charge in [0, 0.05) is 19.6 Å². The molecule has 7 heteroatoms. The molecule has 1 N–H and O–H groups in total. The van der Waals surface area contributed by atoms with Crippen LogP contribution < -0.4 is 10.2 Å². The third-order valence-corrected chi connectivity index (χ3v) is 3.26. The minimum Gasteiger partial charge on any atom is -0.370 e. The van der Waals surface area contributed by atoms with E-state index in [0.717, 1.165) is 0 Å². The first-order valence-electron chi connectivity index (χ1n) is 7.14. The van der Waals surface area contributed by atoms with Crippen molar-refractivity contribution in [1.82, 2.24) is 4.98 Å². The molecule has 0 spiro atoms. The van der Waals surface area contributed by atoms with Crippen LogP contribution in [0.1, 0.15) is 27.7 Å². The summed E-state index contributed by atoms with van der Waals surface area (Å²) in [4.78, 5) is 17.2. The van der Waals surface area contributed by atoms with Crippen LogP contribution in [0.3, 0.4) is 0 Å². The largest absolute Gasteiger partial charge is 0.370 e. The molecule has 1 aliphatic heterocycles. The summed E-state index contributed by atoms with van der Waals surface area (Å²) >= 11 is 0. The van der Waals surface area contributed by atoms with E-state index >= 15 is 0 Å². The first-order valence-corrected chi connectivity index (χ1v) is 7.14. The number of nitrogens with one attached hydrogen (secondary N) is 1. The van der Waals surface area contributed by atoms with E-state index in [4.69, 9.17) is 4.74 Å². The Hall–Kier alpha value is -1.89. The van der Waals surface area contributed by atoms with Crippen LogP contribution in [0.2, 0.25) is 0 Å². The zero-order chi connectivity index (χ0) is 15.6. The van der Waals surface area contributed by atoms with Gasteiger partial charge < -0.3 is 15.0 Å². The average Bonchev–Trinajstić information content (AvgIpc) is 2.36. The summed E-state index contributed by atoms with van der Waals surface area (Å²) in [5.74, 6) is 1.14. The van der Waals surface area contributed by atoms with Gasteiger partial charge in [0.25, 0.3) is 5.69 Å². The van der Waals surface area contributed by atoms with Gasteiger partial charge in [-0.2, -0.15) is 0 Å². The van der Waals surface area contributed by atoms with Crippen LogP contribution in [0.25, 0.3) is 0 Å². The first-order chi connectivity index (χ1) is 9.80. The van der Waals surface area contributed by atoms with Crippen molar-refractivity contribution in [2.45, 2.75) is 39.4 Å². The Labute approximate surface area is 124 Å². The number of hydrogen-bond acceptors (Lipinski definition) is 6. The topological polar surface area (TPSA) is 80.5 Å². The predicted molar refractivity (Wildman–Crippen MR) is 81.9 cm³/mol. The number of pyridine rings is 1. The fraction of sp³-hybridized carbons (Fsp3) is 0.643. The highest BCUT2D eigenvalue weighted by Gasteiger charge is 2.32. The Morgan fingerprint density at radius 3 is 2.86 bits per heavy atom. The van der Waals surface area contributed by atoms with Gasteiger partial charge in [0.15, 0.2) is 0 Å². The number of aromatic nitrogens is 1. The van der Waals surface area contributed by atoms with Crippen LogP contribution in [-0.2, 0) is 4.74 Å². The summed E-state index contributed by atoms with van der Waals surface area (Å²) in [7, 11) is 0. The first kappa shape index (κ1) is 15.5. The van der Waals surface area contributed by atoms with E-state index in [2.05, 4.69) is 10.3 Å². The van der Waals surface area contributed by atoms with Gasteiger partial charge in [-0.25, -0.2) is 4.98 Å². The molecule has 0 bridgehead atoms. The van der Waals surface area contributed by atoms with Gasteiger partial charge in [-0.05, 0) is 27.7 Å². The summed E-state index contributed by atoms with van der Waals surface area (Å²) in [5, 5.41) is 14.1. The van der Waals surface area contributed by atoms with Crippen LogP contribution in [0, 0.1) is 10.1 Å². The maximum Gasteiger partial charge on any atom is 0.276 e. The molecule has 0 aromatic carbocycles. The summed E-state index contributed by atoms with van der Waals surface area (Å²) in [5.41, 5.74) is -0.254. The van der Waals surface area contributed by atoms with E-state index < -0.39 is 0 Å². The Morgan fingerprint density at radius 1 is 1.57 bits per heavy atom. The number of ether oxygens (including phenoxy) is 1. The van der Waals surface area contributed by atoms with Crippen molar-refractivity contribution < 1.29 is 9.66 Å². The predicted octanol–water partition coefficient (Wildman–Crippen LogP) is 2.43. The van der Waals surface area contributed by atoms with Gasteiger partial charge in [0.1, 0.15) is 11.6 Å². The molecule has 1 aliphatic rings. The second-order valence-electron chi connectivity index (χ2n) is 5.92. The van der Waals surface area contributed by atoms with Gasteiger partial charge in [-0.3, -0.25) is 10.1 Å². The van der Waals surface area contributed by atoms with Crippen LogP contribution in [0.5, 0.6) is 0 Å². The molecule has 1 aromatic rings. The molecule has 0 radical (unpaired) electrons. The van der Waals surface area contributed by atoms with Gasteiger partial charge in [-0.15, -0.1) is 0 Å². The van der Waals surface area contributed by atoms with E-state index in [1.54, 1.807) is 0 Å². The number of morpholine rings is 1. The number of hydrogen-bond donors (Lipinski definition) is 1. The third-order valence-electron chi connectivity index (χ3n) is 3.26. The Bertz CT molecular complexity index is 533. The molecule has 7 nitrogen and oxygen atoms in total. The molecular weight excluding hydrogens is 272 g/mol. The molecule has 1 saturated heterocycles. The summed E-state index contributed by atoms with van der Waals surface area (Å²) < 4.78 is 5.86. The van der Waals surface area contributed by atoms with Crippen molar-refractivity contribution >= 4 is 17.3 Å². The lowest BCUT2D eigenvalue weighted by molar-refractivity contribution is -0.384. The lowest BCUT2D eigenvalue weighted by Crippen LogP contribution is -2.52. The number of rotatable bonds is 4. The van der Waals surface area contributed by atoms with Crippen molar-refractivity contribution in [2.75, 3.05) is 29.9 Å².